The zero-order valence-electron chi connectivity index (χ0n) is 11.9. The summed E-state index contributed by atoms with van der Waals surface area (Å²) in [6.45, 7) is 1.20. The van der Waals surface area contributed by atoms with Crippen LogP contribution in [0, 0.1) is 0 Å². The number of benzene rings is 2. The molecule has 0 unspecified atom stereocenters. The second-order valence-electron chi connectivity index (χ2n) is 5.35. The Bertz CT molecular complexity index is 676. The van der Waals surface area contributed by atoms with Gasteiger partial charge >= 0.3 is 0 Å². The predicted molar refractivity (Wildman–Crippen MR) is 89.1 cm³/mol. The Morgan fingerprint density at radius 1 is 1.09 bits per heavy atom. The molecule has 1 amide bonds. The van der Waals surface area contributed by atoms with E-state index < -0.39 is 0 Å². The summed E-state index contributed by atoms with van der Waals surface area (Å²) in [7, 11) is 0. The van der Waals surface area contributed by atoms with Crippen LogP contribution >= 0.6 is 23.2 Å². The molecule has 1 aliphatic heterocycles. The van der Waals surface area contributed by atoms with Crippen LogP contribution in [0.2, 0.25) is 10.0 Å². The molecular formula is C17H16Cl2N2O. The van der Waals surface area contributed by atoms with E-state index in [1.165, 1.54) is 5.56 Å². The normalized spacial score (nSPS) is 18.5. The highest BCUT2D eigenvalue weighted by atomic mass is 35.5. The Morgan fingerprint density at radius 2 is 1.86 bits per heavy atom. The molecule has 0 aliphatic carbocycles. The van der Waals surface area contributed by atoms with Crippen molar-refractivity contribution in [3.05, 3.63) is 69.7 Å². The number of amides is 1. The van der Waals surface area contributed by atoms with Crippen molar-refractivity contribution >= 4 is 29.1 Å². The maximum absolute atomic E-state index is 11.8. The molecule has 22 heavy (non-hydrogen) atoms. The van der Waals surface area contributed by atoms with E-state index in [0.717, 1.165) is 18.5 Å². The molecule has 1 heterocycles. The largest absolute Gasteiger partial charge is 0.335 e. The fourth-order valence-electron chi connectivity index (χ4n) is 2.67. The molecule has 1 fully saturated rings. The van der Waals surface area contributed by atoms with E-state index in [9.17, 15) is 4.79 Å². The second-order valence-corrected chi connectivity index (χ2v) is 6.16. The van der Waals surface area contributed by atoms with Crippen molar-refractivity contribution in [2.75, 3.05) is 13.1 Å². The molecule has 2 aromatic rings. The standard InChI is InChI=1S/C17H16Cl2N2O/c18-14-7-6-13(10-15(14)19)17-20-16(22)11-21(17)9-8-12-4-2-1-3-5-12/h1-7,10,17H,8-9,11H2,(H,20,22)/t17-/m1/s1. The highest BCUT2D eigenvalue weighted by Gasteiger charge is 2.30. The second kappa shape index (κ2) is 6.69. The molecule has 0 saturated carbocycles. The van der Waals surface area contributed by atoms with Gasteiger partial charge in [0.1, 0.15) is 6.17 Å². The Kier molecular flexibility index (Phi) is 4.67. The van der Waals surface area contributed by atoms with Gasteiger partial charge in [-0.2, -0.15) is 0 Å². The summed E-state index contributed by atoms with van der Waals surface area (Å²) in [5.41, 5.74) is 2.21. The summed E-state index contributed by atoms with van der Waals surface area (Å²) in [5, 5.41) is 4.01. The molecule has 0 bridgehead atoms. The van der Waals surface area contributed by atoms with E-state index in [2.05, 4.69) is 22.3 Å². The molecule has 3 nitrogen and oxygen atoms in total. The molecule has 3 rings (SSSR count). The zero-order chi connectivity index (χ0) is 15.5. The van der Waals surface area contributed by atoms with Crippen molar-refractivity contribution < 1.29 is 4.79 Å². The minimum absolute atomic E-state index is 0.0316. The van der Waals surface area contributed by atoms with Crippen molar-refractivity contribution in [2.45, 2.75) is 12.6 Å². The predicted octanol–water partition coefficient (Wildman–Crippen LogP) is 3.67. The molecular weight excluding hydrogens is 319 g/mol. The van der Waals surface area contributed by atoms with Crippen LogP contribution in [-0.2, 0) is 11.2 Å². The summed E-state index contributed by atoms with van der Waals surface area (Å²) >= 11 is 12.0. The number of halogens is 2. The SMILES string of the molecule is O=C1CN(CCc2ccccc2)[C@H](c2ccc(Cl)c(Cl)c2)N1. The van der Waals surface area contributed by atoms with Gasteiger partial charge in [-0.15, -0.1) is 0 Å². The van der Waals surface area contributed by atoms with Gasteiger partial charge in [0.2, 0.25) is 5.91 Å². The lowest BCUT2D eigenvalue weighted by Gasteiger charge is -2.23. The summed E-state index contributed by atoms with van der Waals surface area (Å²) < 4.78 is 0. The van der Waals surface area contributed by atoms with Gasteiger partial charge in [0, 0.05) is 6.54 Å². The molecule has 0 radical (unpaired) electrons. The van der Waals surface area contributed by atoms with Gasteiger partial charge in [-0.1, -0.05) is 59.6 Å². The first kappa shape index (κ1) is 15.3. The monoisotopic (exact) mass is 334 g/mol. The highest BCUT2D eigenvalue weighted by molar-refractivity contribution is 6.42. The maximum atomic E-state index is 11.8. The third kappa shape index (κ3) is 3.43. The number of rotatable bonds is 4. The topological polar surface area (TPSA) is 32.3 Å². The lowest BCUT2D eigenvalue weighted by molar-refractivity contribution is -0.118. The lowest BCUT2D eigenvalue weighted by atomic mass is 10.1. The van der Waals surface area contributed by atoms with E-state index in [0.29, 0.717) is 16.6 Å². The number of carbonyl (C=O) groups excluding carboxylic acids is 1. The number of hydrogen-bond donors (Lipinski definition) is 1. The third-order valence-corrected chi connectivity index (χ3v) is 4.54. The molecule has 1 N–H and O–H groups in total. The Hall–Kier alpha value is -1.55. The molecule has 0 aromatic heterocycles. The van der Waals surface area contributed by atoms with Crippen molar-refractivity contribution in [1.82, 2.24) is 10.2 Å². The van der Waals surface area contributed by atoms with E-state index in [4.69, 9.17) is 23.2 Å². The Balaban J connectivity index is 1.74. The number of nitrogens with zero attached hydrogens (tertiary/aromatic N) is 1. The third-order valence-electron chi connectivity index (χ3n) is 3.80. The van der Waals surface area contributed by atoms with Gasteiger partial charge in [-0.25, -0.2) is 0 Å². The summed E-state index contributed by atoms with van der Waals surface area (Å²) in [6.07, 6.45) is 0.749. The van der Waals surface area contributed by atoms with Crippen molar-refractivity contribution in [3.63, 3.8) is 0 Å². The van der Waals surface area contributed by atoms with Gasteiger partial charge in [0.15, 0.2) is 0 Å². The highest BCUT2D eigenvalue weighted by Crippen LogP contribution is 2.29. The van der Waals surface area contributed by atoms with E-state index >= 15 is 0 Å². The van der Waals surface area contributed by atoms with Crippen LogP contribution in [0.5, 0.6) is 0 Å². The fraction of sp³-hybridized carbons (Fsp3) is 0.235. The Labute approximate surface area is 139 Å². The molecule has 1 saturated heterocycles. The molecule has 5 heteroatoms. The number of nitrogens with one attached hydrogen (secondary N) is 1. The smallest absolute Gasteiger partial charge is 0.235 e. The quantitative estimate of drug-likeness (QED) is 0.925. The lowest BCUT2D eigenvalue weighted by Crippen LogP contribution is -2.29. The summed E-state index contributed by atoms with van der Waals surface area (Å²) in [6, 6.07) is 15.7. The number of carbonyl (C=O) groups is 1. The molecule has 114 valence electrons. The summed E-state index contributed by atoms with van der Waals surface area (Å²) in [5.74, 6) is 0.0316. The summed E-state index contributed by atoms with van der Waals surface area (Å²) in [4.78, 5) is 13.9. The van der Waals surface area contributed by atoms with E-state index in [1.54, 1.807) is 6.07 Å². The van der Waals surface area contributed by atoms with Crippen LogP contribution in [0.25, 0.3) is 0 Å². The van der Waals surface area contributed by atoms with Gasteiger partial charge in [0.05, 0.1) is 16.6 Å². The first-order valence-corrected chi connectivity index (χ1v) is 7.91. The van der Waals surface area contributed by atoms with Gasteiger partial charge < -0.3 is 5.32 Å². The average molecular weight is 335 g/mol. The maximum Gasteiger partial charge on any atom is 0.235 e. The van der Waals surface area contributed by atoms with E-state index in [1.807, 2.05) is 30.3 Å². The Morgan fingerprint density at radius 3 is 2.59 bits per heavy atom. The van der Waals surface area contributed by atoms with E-state index in [-0.39, 0.29) is 12.1 Å². The van der Waals surface area contributed by atoms with Gasteiger partial charge in [0.25, 0.3) is 0 Å². The zero-order valence-corrected chi connectivity index (χ0v) is 13.4. The van der Waals surface area contributed by atoms with Crippen LogP contribution in [0.15, 0.2) is 48.5 Å². The van der Waals surface area contributed by atoms with Gasteiger partial charge in [-0.05, 0) is 29.7 Å². The van der Waals surface area contributed by atoms with Crippen molar-refractivity contribution in [2.24, 2.45) is 0 Å². The van der Waals surface area contributed by atoms with Crippen LogP contribution in [0.1, 0.15) is 17.3 Å². The number of hydrogen-bond acceptors (Lipinski definition) is 2. The van der Waals surface area contributed by atoms with Crippen molar-refractivity contribution in [1.29, 1.82) is 0 Å². The minimum Gasteiger partial charge on any atom is -0.335 e. The van der Waals surface area contributed by atoms with Crippen LogP contribution < -0.4 is 5.32 Å². The molecule has 2 aromatic carbocycles. The average Bonchev–Trinajstić information content (AvgIpc) is 2.90. The molecule has 0 spiro atoms. The van der Waals surface area contributed by atoms with Crippen molar-refractivity contribution in [3.8, 4) is 0 Å². The first-order valence-electron chi connectivity index (χ1n) is 7.16. The van der Waals surface area contributed by atoms with Crippen LogP contribution in [0.3, 0.4) is 0 Å². The van der Waals surface area contributed by atoms with Gasteiger partial charge in [-0.3, -0.25) is 9.69 Å². The van der Waals surface area contributed by atoms with Crippen LogP contribution in [-0.4, -0.2) is 23.9 Å². The van der Waals surface area contributed by atoms with Crippen LogP contribution in [0.4, 0.5) is 0 Å². The minimum atomic E-state index is -0.147. The molecule has 1 aliphatic rings. The fourth-order valence-corrected chi connectivity index (χ4v) is 2.97. The molecule has 1 atom stereocenters. The first-order chi connectivity index (χ1) is 10.6.